The number of carbonyl (C=O) groups excluding carboxylic acids is 1. The Hall–Kier alpha value is -2.89. The van der Waals surface area contributed by atoms with Gasteiger partial charge in [0, 0.05) is 41.8 Å². The highest BCUT2D eigenvalue weighted by atomic mass is 32.2. The van der Waals surface area contributed by atoms with Gasteiger partial charge < -0.3 is 10.2 Å². The fraction of sp³-hybridized carbons (Fsp3) is 0.455. The first-order valence-electron chi connectivity index (χ1n) is 10.0. The highest BCUT2D eigenvalue weighted by Crippen LogP contribution is 2.40. The van der Waals surface area contributed by atoms with Crippen LogP contribution < -0.4 is 5.48 Å². The summed E-state index contributed by atoms with van der Waals surface area (Å²) in [5, 5.41) is 32.6. The van der Waals surface area contributed by atoms with Gasteiger partial charge in [-0.05, 0) is 49.8 Å². The van der Waals surface area contributed by atoms with Crippen molar-refractivity contribution < 1.29 is 28.6 Å². The standard InChI is InChI=1S/C22H25N3O6S/c1-22(21(28)24-29,32(2,30)31)9-10-25-13-17-11-15(7-8-19(17)23-25)5-3-4-6-16-12-18(16)20(27)14-26/h7-8,11,13,16,18,20,26-27,29H,9-10,12,14H2,1-2H3,(H,24,28)/t16?,18-,20-,22-/m1/s1. The topological polar surface area (TPSA) is 142 Å². The second kappa shape index (κ2) is 9.31. The van der Waals surface area contributed by atoms with Crippen molar-refractivity contribution in [3.63, 3.8) is 0 Å². The lowest BCUT2D eigenvalue weighted by atomic mass is 10.1. The van der Waals surface area contributed by atoms with Crippen molar-refractivity contribution in [2.75, 3.05) is 12.9 Å². The van der Waals surface area contributed by atoms with Crippen LogP contribution in [0.4, 0.5) is 0 Å². The van der Waals surface area contributed by atoms with Gasteiger partial charge in [-0.15, -0.1) is 0 Å². The molecule has 9 nitrogen and oxygen atoms in total. The number of amides is 1. The number of fused-ring (bicyclic) bond motifs is 1. The van der Waals surface area contributed by atoms with Crippen molar-refractivity contribution in [1.82, 2.24) is 15.3 Å². The number of aliphatic hydroxyl groups is 2. The number of sulfone groups is 1. The second-order valence-corrected chi connectivity index (χ2v) is 10.6. The smallest absolute Gasteiger partial charge is 0.264 e. The van der Waals surface area contributed by atoms with Crippen LogP contribution >= 0.6 is 0 Å². The Morgan fingerprint density at radius 3 is 2.81 bits per heavy atom. The van der Waals surface area contributed by atoms with Crippen molar-refractivity contribution in [1.29, 1.82) is 0 Å². The minimum absolute atomic E-state index is 0.0181. The molecule has 1 fully saturated rings. The highest BCUT2D eigenvalue weighted by molar-refractivity contribution is 7.92. The number of nitrogens with zero attached hydrogens (tertiary/aromatic N) is 2. The maximum atomic E-state index is 12.1. The van der Waals surface area contributed by atoms with Gasteiger partial charge in [-0.3, -0.25) is 14.7 Å². The number of hydroxylamine groups is 1. The summed E-state index contributed by atoms with van der Waals surface area (Å²) in [4.78, 5) is 11.9. The summed E-state index contributed by atoms with van der Waals surface area (Å²) in [7, 11) is -3.78. The minimum Gasteiger partial charge on any atom is -0.394 e. The Labute approximate surface area is 186 Å². The van der Waals surface area contributed by atoms with Crippen LogP contribution in [-0.2, 0) is 21.2 Å². The predicted molar refractivity (Wildman–Crippen MR) is 117 cm³/mol. The SMILES string of the molecule is C[C@@](CCn1cc2cc(C#CC#CC3C[C@H]3[C@H](O)CO)ccc2n1)(C(=O)NO)S(C)(=O)=O. The van der Waals surface area contributed by atoms with Gasteiger partial charge >= 0.3 is 0 Å². The monoisotopic (exact) mass is 459 g/mol. The van der Waals surface area contributed by atoms with Crippen molar-refractivity contribution in [2.24, 2.45) is 11.8 Å². The third-order valence-electron chi connectivity index (χ3n) is 5.82. The van der Waals surface area contributed by atoms with E-state index < -0.39 is 26.6 Å². The molecule has 0 aliphatic heterocycles. The molecule has 1 aromatic carbocycles. The first-order valence-corrected chi connectivity index (χ1v) is 11.9. The van der Waals surface area contributed by atoms with E-state index in [2.05, 4.69) is 28.8 Å². The summed E-state index contributed by atoms with van der Waals surface area (Å²) in [6.07, 6.45) is 2.65. The third kappa shape index (κ3) is 5.12. The summed E-state index contributed by atoms with van der Waals surface area (Å²) < 4.78 is 23.9. The molecule has 1 aromatic heterocycles. The number of aryl methyl sites for hydroxylation is 1. The fourth-order valence-electron chi connectivity index (χ4n) is 3.36. The number of rotatable bonds is 7. The van der Waals surface area contributed by atoms with Gasteiger partial charge in [0.15, 0.2) is 14.6 Å². The summed E-state index contributed by atoms with van der Waals surface area (Å²) in [5.41, 5.74) is 2.85. The molecule has 1 aliphatic rings. The number of hydrogen-bond donors (Lipinski definition) is 4. The largest absolute Gasteiger partial charge is 0.394 e. The molecule has 10 heteroatoms. The Morgan fingerprint density at radius 2 is 2.16 bits per heavy atom. The zero-order valence-corrected chi connectivity index (χ0v) is 18.6. The zero-order valence-electron chi connectivity index (χ0n) is 17.7. The van der Waals surface area contributed by atoms with Gasteiger partial charge in [0.05, 0.1) is 18.2 Å². The summed E-state index contributed by atoms with van der Waals surface area (Å²) >= 11 is 0. The van der Waals surface area contributed by atoms with E-state index in [0.717, 1.165) is 23.6 Å². The molecule has 0 saturated heterocycles. The maximum absolute atomic E-state index is 12.1. The van der Waals surface area contributed by atoms with E-state index in [0.29, 0.717) is 5.52 Å². The Bertz CT molecular complexity index is 1250. The zero-order chi connectivity index (χ0) is 23.5. The molecule has 1 aliphatic carbocycles. The summed E-state index contributed by atoms with van der Waals surface area (Å²) in [6.45, 7) is 1.16. The van der Waals surface area contributed by atoms with E-state index >= 15 is 0 Å². The van der Waals surface area contributed by atoms with Crippen LogP contribution in [0.2, 0.25) is 0 Å². The van der Waals surface area contributed by atoms with E-state index in [1.807, 2.05) is 6.07 Å². The quantitative estimate of drug-likeness (QED) is 0.261. The van der Waals surface area contributed by atoms with E-state index in [1.165, 1.54) is 12.4 Å². The fourth-order valence-corrected chi connectivity index (χ4v) is 4.20. The molecule has 1 saturated carbocycles. The molecule has 0 bridgehead atoms. The van der Waals surface area contributed by atoms with Crippen LogP contribution in [-0.4, -0.2) is 63.2 Å². The molecule has 0 spiro atoms. The van der Waals surface area contributed by atoms with Gasteiger partial charge in [0.1, 0.15) is 0 Å². The van der Waals surface area contributed by atoms with Crippen LogP contribution in [0.25, 0.3) is 10.9 Å². The Morgan fingerprint density at radius 1 is 1.41 bits per heavy atom. The first kappa shape index (κ1) is 23.8. The lowest BCUT2D eigenvalue weighted by molar-refractivity contribution is -0.131. The predicted octanol–water partition coefficient (Wildman–Crippen LogP) is 0.0793. The van der Waals surface area contributed by atoms with Gasteiger partial charge in [-0.2, -0.15) is 5.10 Å². The summed E-state index contributed by atoms with van der Waals surface area (Å²) in [5.74, 6) is 10.6. The number of carbonyl (C=O) groups is 1. The molecular formula is C22H25N3O6S. The van der Waals surface area contributed by atoms with Crippen molar-refractivity contribution >= 4 is 26.6 Å². The molecule has 4 atom stereocenters. The molecule has 1 heterocycles. The van der Waals surface area contributed by atoms with Gasteiger partial charge in [-0.25, -0.2) is 13.9 Å². The number of benzene rings is 1. The van der Waals surface area contributed by atoms with Crippen LogP contribution in [0, 0.1) is 35.5 Å². The lowest BCUT2D eigenvalue weighted by Crippen LogP contribution is -2.49. The Balaban J connectivity index is 1.69. The third-order valence-corrected chi connectivity index (χ3v) is 7.84. The molecule has 1 amide bonds. The lowest BCUT2D eigenvalue weighted by Gasteiger charge is -2.24. The normalized spacial score (nSPS) is 20.3. The first-order chi connectivity index (χ1) is 15.1. The van der Waals surface area contributed by atoms with Crippen LogP contribution in [0.15, 0.2) is 24.4 Å². The van der Waals surface area contributed by atoms with Gasteiger partial charge in [0.2, 0.25) is 0 Å². The van der Waals surface area contributed by atoms with Crippen LogP contribution in [0.3, 0.4) is 0 Å². The molecule has 4 N–H and O–H groups in total. The van der Waals surface area contributed by atoms with E-state index in [9.17, 15) is 18.3 Å². The van der Waals surface area contributed by atoms with Gasteiger partial charge in [-0.1, -0.05) is 11.8 Å². The number of aliphatic hydroxyl groups excluding tert-OH is 2. The minimum atomic E-state index is -3.78. The van der Waals surface area contributed by atoms with Crippen LogP contribution in [0.5, 0.6) is 0 Å². The molecular weight excluding hydrogens is 434 g/mol. The molecule has 3 rings (SSSR count). The van der Waals surface area contributed by atoms with Crippen molar-refractivity contribution in [2.45, 2.75) is 37.2 Å². The number of nitrogens with one attached hydrogen (secondary N) is 1. The maximum Gasteiger partial charge on any atom is 0.264 e. The molecule has 0 radical (unpaired) electrons. The molecule has 1 unspecified atom stereocenters. The van der Waals surface area contributed by atoms with E-state index in [4.69, 9.17) is 10.3 Å². The highest BCUT2D eigenvalue weighted by Gasteiger charge is 2.43. The van der Waals surface area contributed by atoms with E-state index in [1.54, 1.807) is 23.0 Å². The Kier molecular flexibility index (Phi) is 6.91. The van der Waals surface area contributed by atoms with Gasteiger partial charge in [0.25, 0.3) is 5.91 Å². The molecule has 170 valence electrons. The molecule has 2 aromatic rings. The van der Waals surface area contributed by atoms with E-state index in [-0.39, 0.29) is 31.4 Å². The number of hydrogen-bond acceptors (Lipinski definition) is 7. The summed E-state index contributed by atoms with van der Waals surface area (Å²) in [6, 6.07) is 5.41. The van der Waals surface area contributed by atoms with Crippen molar-refractivity contribution in [3.05, 3.63) is 30.0 Å². The van der Waals surface area contributed by atoms with Crippen molar-refractivity contribution in [3.8, 4) is 23.7 Å². The van der Waals surface area contributed by atoms with Crippen LogP contribution in [0.1, 0.15) is 25.3 Å². The average Bonchev–Trinajstić information content (AvgIpc) is 3.42. The molecule has 32 heavy (non-hydrogen) atoms. The number of aromatic nitrogens is 2. The average molecular weight is 460 g/mol. The second-order valence-electron chi connectivity index (χ2n) is 8.14.